The lowest BCUT2D eigenvalue weighted by molar-refractivity contribution is 0.139. The minimum absolute atomic E-state index is 1.06. The van der Waals surface area contributed by atoms with Gasteiger partial charge in [-0.05, 0) is 30.6 Å². The summed E-state index contributed by atoms with van der Waals surface area (Å²) in [5, 5.41) is 0. The summed E-state index contributed by atoms with van der Waals surface area (Å²) in [6, 6.07) is 0. The molecular formula is C10H18. The van der Waals surface area contributed by atoms with E-state index in [1.807, 2.05) is 0 Å². The molecule has 2 saturated carbocycles. The van der Waals surface area contributed by atoms with Gasteiger partial charge in [-0.15, -0.1) is 0 Å². The SMILES string of the molecule is CC1CC(C2CCCC2)C1. The maximum atomic E-state index is 2.39. The lowest BCUT2D eigenvalue weighted by atomic mass is 9.69. The molecule has 0 unspecified atom stereocenters. The van der Waals surface area contributed by atoms with Crippen LogP contribution >= 0.6 is 0 Å². The number of hydrogen-bond donors (Lipinski definition) is 0. The summed E-state index contributed by atoms with van der Waals surface area (Å²) < 4.78 is 0. The summed E-state index contributed by atoms with van der Waals surface area (Å²) in [6.45, 7) is 2.39. The Balaban J connectivity index is 1.78. The summed E-state index contributed by atoms with van der Waals surface area (Å²) in [5.41, 5.74) is 0. The second kappa shape index (κ2) is 2.56. The van der Waals surface area contributed by atoms with E-state index >= 15 is 0 Å². The third kappa shape index (κ3) is 1.09. The summed E-state index contributed by atoms with van der Waals surface area (Å²) in [4.78, 5) is 0. The maximum absolute atomic E-state index is 2.39. The molecule has 0 atom stereocenters. The van der Waals surface area contributed by atoms with Crippen molar-refractivity contribution >= 4 is 0 Å². The van der Waals surface area contributed by atoms with Crippen molar-refractivity contribution in [1.29, 1.82) is 0 Å². The Kier molecular flexibility index (Phi) is 1.71. The van der Waals surface area contributed by atoms with Gasteiger partial charge in [0.2, 0.25) is 0 Å². The molecule has 0 heterocycles. The average molecular weight is 138 g/mol. The fourth-order valence-electron chi connectivity index (χ4n) is 2.78. The van der Waals surface area contributed by atoms with Gasteiger partial charge in [0.1, 0.15) is 0 Å². The predicted octanol–water partition coefficient (Wildman–Crippen LogP) is 3.22. The fraction of sp³-hybridized carbons (Fsp3) is 1.00. The van der Waals surface area contributed by atoms with Crippen molar-refractivity contribution in [3.05, 3.63) is 0 Å². The lowest BCUT2D eigenvalue weighted by Crippen LogP contribution is -2.26. The molecule has 2 aliphatic rings. The van der Waals surface area contributed by atoms with Crippen LogP contribution in [-0.2, 0) is 0 Å². The molecule has 0 aromatic heterocycles. The Morgan fingerprint density at radius 2 is 1.50 bits per heavy atom. The fourth-order valence-corrected chi connectivity index (χ4v) is 2.78. The molecule has 2 fully saturated rings. The van der Waals surface area contributed by atoms with Crippen molar-refractivity contribution in [2.45, 2.75) is 45.4 Å². The highest BCUT2D eigenvalue weighted by molar-refractivity contribution is 4.84. The van der Waals surface area contributed by atoms with Crippen LogP contribution in [0.3, 0.4) is 0 Å². The van der Waals surface area contributed by atoms with E-state index in [-0.39, 0.29) is 0 Å². The van der Waals surface area contributed by atoms with Crippen LogP contribution in [0.1, 0.15) is 45.4 Å². The highest BCUT2D eigenvalue weighted by Gasteiger charge is 2.33. The zero-order valence-corrected chi connectivity index (χ0v) is 6.97. The molecule has 0 spiro atoms. The maximum Gasteiger partial charge on any atom is -0.0381 e. The standard InChI is InChI=1S/C10H18/c1-8-6-10(7-8)9-4-2-3-5-9/h8-10H,2-7H2,1H3. The van der Waals surface area contributed by atoms with Crippen LogP contribution in [0, 0.1) is 17.8 Å². The highest BCUT2D eigenvalue weighted by Crippen LogP contribution is 2.44. The van der Waals surface area contributed by atoms with Gasteiger partial charge in [0.25, 0.3) is 0 Å². The van der Waals surface area contributed by atoms with E-state index in [0.29, 0.717) is 0 Å². The van der Waals surface area contributed by atoms with Gasteiger partial charge in [0.15, 0.2) is 0 Å². The number of rotatable bonds is 1. The van der Waals surface area contributed by atoms with Crippen molar-refractivity contribution in [1.82, 2.24) is 0 Å². The molecule has 0 aliphatic heterocycles. The lowest BCUT2D eigenvalue weighted by Gasteiger charge is -2.37. The molecule has 0 N–H and O–H groups in total. The summed E-state index contributed by atoms with van der Waals surface area (Å²) >= 11 is 0. The van der Waals surface area contributed by atoms with Crippen molar-refractivity contribution < 1.29 is 0 Å². The van der Waals surface area contributed by atoms with Crippen molar-refractivity contribution in [2.24, 2.45) is 17.8 Å². The summed E-state index contributed by atoms with van der Waals surface area (Å²) in [7, 11) is 0. The van der Waals surface area contributed by atoms with Crippen LogP contribution in [0.15, 0.2) is 0 Å². The first-order valence-corrected chi connectivity index (χ1v) is 4.86. The summed E-state index contributed by atoms with van der Waals surface area (Å²) in [5.74, 6) is 3.36. The Morgan fingerprint density at radius 1 is 0.900 bits per heavy atom. The highest BCUT2D eigenvalue weighted by atomic mass is 14.4. The van der Waals surface area contributed by atoms with E-state index in [2.05, 4.69) is 6.92 Å². The van der Waals surface area contributed by atoms with E-state index in [0.717, 1.165) is 17.8 Å². The van der Waals surface area contributed by atoms with E-state index in [1.54, 1.807) is 25.7 Å². The van der Waals surface area contributed by atoms with Gasteiger partial charge in [-0.1, -0.05) is 32.6 Å². The van der Waals surface area contributed by atoms with Crippen molar-refractivity contribution in [2.75, 3.05) is 0 Å². The molecule has 0 nitrogen and oxygen atoms in total. The second-order valence-electron chi connectivity index (χ2n) is 4.38. The van der Waals surface area contributed by atoms with Gasteiger partial charge in [-0.2, -0.15) is 0 Å². The van der Waals surface area contributed by atoms with Gasteiger partial charge in [0, 0.05) is 0 Å². The second-order valence-corrected chi connectivity index (χ2v) is 4.38. The first-order chi connectivity index (χ1) is 4.86. The van der Waals surface area contributed by atoms with Gasteiger partial charge < -0.3 is 0 Å². The average Bonchev–Trinajstić information content (AvgIpc) is 2.31. The molecule has 0 aromatic rings. The van der Waals surface area contributed by atoms with E-state index in [4.69, 9.17) is 0 Å². The molecule has 0 heteroatoms. The van der Waals surface area contributed by atoms with E-state index in [9.17, 15) is 0 Å². The van der Waals surface area contributed by atoms with Crippen LogP contribution in [0.5, 0.6) is 0 Å². The largest absolute Gasteiger partial charge is 0.0625 e. The van der Waals surface area contributed by atoms with Crippen molar-refractivity contribution in [3.63, 3.8) is 0 Å². The third-order valence-electron chi connectivity index (χ3n) is 3.48. The van der Waals surface area contributed by atoms with E-state index < -0.39 is 0 Å². The monoisotopic (exact) mass is 138 g/mol. The molecule has 0 amide bonds. The molecule has 58 valence electrons. The molecule has 2 rings (SSSR count). The molecule has 0 aromatic carbocycles. The topological polar surface area (TPSA) is 0 Å². The number of hydrogen-bond acceptors (Lipinski definition) is 0. The zero-order valence-electron chi connectivity index (χ0n) is 6.97. The third-order valence-corrected chi connectivity index (χ3v) is 3.48. The van der Waals surface area contributed by atoms with Crippen LogP contribution in [-0.4, -0.2) is 0 Å². The smallest absolute Gasteiger partial charge is 0.0381 e. The Hall–Kier alpha value is 0. The molecule has 0 bridgehead atoms. The molecule has 10 heavy (non-hydrogen) atoms. The summed E-state index contributed by atoms with van der Waals surface area (Å²) in [6.07, 6.45) is 9.25. The predicted molar refractivity (Wildman–Crippen MR) is 43.8 cm³/mol. The first kappa shape index (κ1) is 6.69. The van der Waals surface area contributed by atoms with Gasteiger partial charge in [0.05, 0.1) is 0 Å². The molecule has 2 aliphatic carbocycles. The van der Waals surface area contributed by atoms with Crippen LogP contribution in [0.25, 0.3) is 0 Å². The van der Waals surface area contributed by atoms with Gasteiger partial charge >= 0.3 is 0 Å². The molecular weight excluding hydrogens is 120 g/mol. The quantitative estimate of drug-likeness (QED) is 0.522. The Morgan fingerprint density at radius 3 is 2.00 bits per heavy atom. The zero-order chi connectivity index (χ0) is 6.97. The Labute approximate surface area is 64.0 Å². The van der Waals surface area contributed by atoms with Crippen LogP contribution in [0.2, 0.25) is 0 Å². The van der Waals surface area contributed by atoms with Crippen molar-refractivity contribution in [3.8, 4) is 0 Å². The van der Waals surface area contributed by atoms with Crippen LogP contribution in [0.4, 0.5) is 0 Å². The van der Waals surface area contributed by atoms with Crippen LogP contribution < -0.4 is 0 Å². The van der Waals surface area contributed by atoms with E-state index in [1.165, 1.54) is 12.8 Å². The van der Waals surface area contributed by atoms with Gasteiger partial charge in [-0.3, -0.25) is 0 Å². The van der Waals surface area contributed by atoms with Gasteiger partial charge in [-0.25, -0.2) is 0 Å². The molecule has 0 radical (unpaired) electrons. The normalized spacial score (nSPS) is 41.7. The minimum Gasteiger partial charge on any atom is -0.0625 e. The minimum atomic E-state index is 1.06. The Bertz CT molecular complexity index is 105. The first-order valence-electron chi connectivity index (χ1n) is 4.86. The molecule has 0 saturated heterocycles.